The van der Waals surface area contributed by atoms with Crippen molar-refractivity contribution in [1.29, 1.82) is 0 Å². The van der Waals surface area contributed by atoms with Crippen LogP contribution in [0.4, 0.5) is 10.1 Å². The van der Waals surface area contributed by atoms with Crippen LogP contribution in [0.15, 0.2) is 18.2 Å². The van der Waals surface area contributed by atoms with Crippen LogP contribution in [0.5, 0.6) is 0 Å². The van der Waals surface area contributed by atoms with Gasteiger partial charge >= 0.3 is 0 Å². The molecule has 7 heteroatoms. The highest BCUT2D eigenvalue weighted by Crippen LogP contribution is 2.58. The average molecular weight is 289 g/mol. The lowest BCUT2D eigenvalue weighted by molar-refractivity contribution is 0.283. The molecule has 0 saturated carbocycles. The molecule has 0 aliphatic carbocycles. The second-order valence-electron chi connectivity index (χ2n) is 5.31. The summed E-state index contributed by atoms with van der Waals surface area (Å²) in [6.45, 7) is 4.42. The van der Waals surface area contributed by atoms with Crippen molar-refractivity contribution < 1.29 is 13.5 Å². The largest absolute Gasteiger partial charge is 0.326 e. The summed E-state index contributed by atoms with van der Waals surface area (Å²) in [6.07, 6.45) is 0. The Morgan fingerprint density at radius 1 is 1.42 bits per heavy atom. The number of halogens is 1. The predicted octanol–water partition coefficient (Wildman–Crippen LogP) is 2.40. The first-order valence-electron chi connectivity index (χ1n) is 5.98. The molecule has 2 rings (SSSR count). The van der Waals surface area contributed by atoms with Crippen molar-refractivity contribution in [1.82, 2.24) is 4.31 Å². The van der Waals surface area contributed by atoms with Gasteiger partial charge in [-0.3, -0.25) is 13.4 Å². The van der Waals surface area contributed by atoms with Crippen molar-refractivity contribution in [2.45, 2.75) is 25.9 Å². The molecular weight excluding hydrogens is 269 g/mol. The van der Waals surface area contributed by atoms with Crippen LogP contribution in [0, 0.1) is 5.82 Å². The van der Waals surface area contributed by atoms with Crippen LogP contribution in [0.2, 0.25) is 0 Å². The van der Waals surface area contributed by atoms with E-state index >= 15 is 0 Å². The summed E-state index contributed by atoms with van der Waals surface area (Å²) in [4.78, 5) is 0. The van der Waals surface area contributed by atoms with Crippen molar-refractivity contribution in [2.75, 3.05) is 17.9 Å². The van der Waals surface area contributed by atoms with E-state index in [9.17, 15) is 13.5 Å². The number of nitrogens with zero attached hydrogens (tertiary/aromatic N) is 2. The van der Waals surface area contributed by atoms with E-state index in [1.165, 1.54) is 20.7 Å². The Morgan fingerprint density at radius 3 is 2.53 bits per heavy atom. The van der Waals surface area contributed by atoms with Gasteiger partial charge in [0.25, 0.3) is 0 Å². The normalized spacial score (nSPS) is 23.6. The van der Waals surface area contributed by atoms with E-state index in [0.29, 0.717) is 17.8 Å². The van der Waals surface area contributed by atoms with Crippen LogP contribution in [-0.2, 0) is 6.54 Å². The fourth-order valence-corrected chi connectivity index (χ4v) is 4.12. The summed E-state index contributed by atoms with van der Waals surface area (Å²) in [5.74, 6) is -0.422. The molecule has 108 valence electrons. The van der Waals surface area contributed by atoms with Gasteiger partial charge in [-0.05, 0) is 31.5 Å². The molecule has 5 nitrogen and oxygen atoms in total. The van der Waals surface area contributed by atoms with Gasteiger partial charge in [-0.1, -0.05) is 17.0 Å². The lowest BCUT2D eigenvalue weighted by atomic mass is 10.1. The first-order valence-corrected chi connectivity index (χ1v) is 7.44. The van der Waals surface area contributed by atoms with Gasteiger partial charge in [-0.2, -0.15) is 4.31 Å². The van der Waals surface area contributed by atoms with Crippen molar-refractivity contribution >= 4 is 16.6 Å². The van der Waals surface area contributed by atoms with Gasteiger partial charge in [0.05, 0.1) is 17.8 Å². The minimum absolute atomic E-state index is 0.214. The van der Waals surface area contributed by atoms with Gasteiger partial charge in [-0.25, -0.2) is 4.39 Å². The summed E-state index contributed by atoms with van der Waals surface area (Å²) < 4.78 is 37.1. The Bertz CT molecular complexity index is 496. The van der Waals surface area contributed by atoms with E-state index in [1.54, 1.807) is 13.1 Å². The summed E-state index contributed by atoms with van der Waals surface area (Å²) >= 11 is 0. The lowest BCUT2D eigenvalue weighted by Crippen LogP contribution is -2.37. The Morgan fingerprint density at radius 2 is 2.05 bits per heavy atom. The molecule has 1 aliphatic rings. The fraction of sp³-hybridized carbons (Fsp3) is 0.500. The number of rotatable bonds is 2. The Labute approximate surface area is 114 Å². The van der Waals surface area contributed by atoms with Crippen LogP contribution < -0.4 is 10.0 Å². The molecule has 0 unspecified atom stereocenters. The molecular formula is C12H20FN3O2S. The van der Waals surface area contributed by atoms with Crippen LogP contribution in [0.25, 0.3) is 0 Å². The molecule has 19 heavy (non-hydrogen) atoms. The molecule has 1 aliphatic heterocycles. The zero-order valence-electron chi connectivity index (χ0n) is 11.3. The first-order chi connectivity index (χ1) is 8.70. The van der Waals surface area contributed by atoms with Gasteiger partial charge in [0, 0.05) is 13.6 Å². The molecule has 0 radical (unpaired) electrons. The zero-order valence-corrected chi connectivity index (χ0v) is 12.1. The highest BCUT2D eigenvalue weighted by molar-refractivity contribution is 8.23. The van der Waals surface area contributed by atoms with Crippen LogP contribution in [0.3, 0.4) is 0 Å². The van der Waals surface area contributed by atoms with Crippen LogP contribution >= 0.6 is 11.0 Å². The number of hydrogen-bond acceptors (Lipinski definition) is 5. The number of hydrogen-bond donors (Lipinski definition) is 3. The van der Waals surface area contributed by atoms with Gasteiger partial charge in [0.2, 0.25) is 0 Å². The van der Waals surface area contributed by atoms with E-state index < -0.39 is 22.3 Å². The van der Waals surface area contributed by atoms with E-state index in [-0.39, 0.29) is 6.54 Å². The van der Waals surface area contributed by atoms with E-state index in [2.05, 4.69) is 0 Å². The van der Waals surface area contributed by atoms with Crippen LogP contribution in [-0.4, -0.2) is 32.5 Å². The highest BCUT2D eigenvalue weighted by atomic mass is 32.3. The molecule has 1 aromatic rings. The summed E-state index contributed by atoms with van der Waals surface area (Å²) in [5.41, 5.74) is 6.35. The zero-order chi connectivity index (χ0) is 14.4. The van der Waals surface area contributed by atoms with Crippen LogP contribution in [0.1, 0.15) is 19.4 Å². The van der Waals surface area contributed by atoms with Crippen molar-refractivity contribution in [3.05, 3.63) is 29.6 Å². The Balaban J connectivity index is 2.50. The fourth-order valence-electron chi connectivity index (χ4n) is 2.18. The molecule has 0 atom stereocenters. The molecule has 0 amide bonds. The number of benzene rings is 1. The maximum absolute atomic E-state index is 13.4. The molecule has 1 saturated heterocycles. The summed E-state index contributed by atoms with van der Waals surface area (Å²) in [7, 11) is -1.48. The predicted molar refractivity (Wildman–Crippen MR) is 76.3 cm³/mol. The molecule has 1 fully saturated rings. The summed E-state index contributed by atoms with van der Waals surface area (Å²) in [6, 6.07) is 4.19. The maximum Gasteiger partial charge on any atom is 0.125 e. The standard InChI is InChI=1S/C12H20FN3O2S/c1-12(2)8-16(19(17,18)15(12)3)11-6-10(13)5-4-9(11)7-14/h4-6,17-18H,7-8,14H2,1-3H3. The van der Waals surface area contributed by atoms with E-state index in [4.69, 9.17) is 5.73 Å². The lowest BCUT2D eigenvalue weighted by Gasteiger charge is -2.43. The maximum atomic E-state index is 13.4. The molecule has 1 heterocycles. The quantitative estimate of drug-likeness (QED) is 0.779. The van der Waals surface area contributed by atoms with Gasteiger partial charge in [0.1, 0.15) is 5.82 Å². The van der Waals surface area contributed by atoms with Gasteiger partial charge < -0.3 is 5.73 Å². The van der Waals surface area contributed by atoms with Crippen molar-refractivity contribution in [3.63, 3.8) is 0 Å². The third-order valence-electron chi connectivity index (χ3n) is 3.58. The minimum atomic E-state index is -3.13. The third-order valence-corrected chi connectivity index (χ3v) is 5.73. The van der Waals surface area contributed by atoms with Gasteiger partial charge in [-0.15, -0.1) is 0 Å². The Kier molecular flexibility index (Phi) is 3.53. The second-order valence-corrected chi connectivity index (χ2v) is 7.28. The SMILES string of the molecule is CN1C(C)(C)CN(c2cc(F)ccc2CN)S1(O)O. The molecule has 0 aromatic heterocycles. The Hall–Kier alpha value is -0.860. The average Bonchev–Trinajstić information content (AvgIpc) is 2.49. The third kappa shape index (κ3) is 2.32. The smallest absolute Gasteiger partial charge is 0.125 e. The molecule has 0 spiro atoms. The number of anilines is 1. The molecule has 0 bridgehead atoms. The number of nitrogens with two attached hydrogens (primary N) is 1. The minimum Gasteiger partial charge on any atom is -0.326 e. The van der Waals surface area contributed by atoms with E-state index in [1.807, 2.05) is 13.8 Å². The van der Waals surface area contributed by atoms with E-state index in [0.717, 1.165) is 0 Å². The van der Waals surface area contributed by atoms with Crippen molar-refractivity contribution in [2.24, 2.45) is 5.73 Å². The summed E-state index contributed by atoms with van der Waals surface area (Å²) in [5, 5.41) is 0. The topological polar surface area (TPSA) is 73.0 Å². The van der Waals surface area contributed by atoms with Crippen molar-refractivity contribution in [3.8, 4) is 0 Å². The highest BCUT2D eigenvalue weighted by Gasteiger charge is 2.47. The molecule has 4 N–H and O–H groups in total. The second kappa shape index (κ2) is 4.60. The number of likely N-dealkylation sites (N-methyl/N-ethyl adjacent to an activating group) is 1. The first kappa shape index (κ1) is 14.5. The van der Waals surface area contributed by atoms with Gasteiger partial charge in [0.15, 0.2) is 0 Å². The molecule has 1 aromatic carbocycles. The monoisotopic (exact) mass is 289 g/mol.